The summed E-state index contributed by atoms with van der Waals surface area (Å²) in [6, 6.07) is 6.07. The number of imidazole rings is 1. The SMILES string of the molecule is Cn1cncc1C(=O)N1CCN(Cc2ccc3c(c2)OCO3)CC1. The number of fused-ring (bicyclic) bond motifs is 1. The molecule has 1 aromatic heterocycles. The Balaban J connectivity index is 1.35. The Kier molecular flexibility index (Phi) is 3.86. The molecule has 0 spiro atoms. The minimum Gasteiger partial charge on any atom is -0.454 e. The van der Waals surface area contributed by atoms with E-state index in [2.05, 4.69) is 16.0 Å². The predicted octanol–water partition coefficient (Wildman–Crippen LogP) is 1.11. The fraction of sp³-hybridized carbons (Fsp3) is 0.412. The number of piperazine rings is 1. The first-order valence-corrected chi connectivity index (χ1v) is 8.07. The summed E-state index contributed by atoms with van der Waals surface area (Å²) in [7, 11) is 1.84. The molecule has 2 aromatic rings. The lowest BCUT2D eigenvalue weighted by molar-refractivity contribution is 0.0619. The highest BCUT2D eigenvalue weighted by molar-refractivity contribution is 5.92. The van der Waals surface area contributed by atoms with E-state index < -0.39 is 0 Å². The Morgan fingerprint density at radius 2 is 1.96 bits per heavy atom. The van der Waals surface area contributed by atoms with Gasteiger partial charge in [0.2, 0.25) is 6.79 Å². The van der Waals surface area contributed by atoms with Crippen LogP contribution in [0.1, 0.15) is 16.1 Å². The van der Waals surface area contributed by atoms with Crippen molar-refractivity contribution in [2.24, 2.45) is 7.05 Å². The molecule has 1 aromatic carbocycles. The predicted molar refractivity (Wildman–Crippen MR) is 87.0 cm³/mol. The molecule has 24 heavy (non-hydrogen) atoms. The minimum absolute atomic E-state index is 0.0535. The summed E-state index contributed by atoms with van der Waals surface area (Å²) in [6.07, 6.45) is 3.28. The lowest BCUT2D eigenvalue weighted by Crippen LogP contribution is -2.48. The number of carbonyl (C=O) groups is 1. The van der Waals surface area contributed by atoms with Gasteiger partial charge in [0, 0.05) is 39.8 Å². The first-order chi connectivity index (χ1) is 11.7. The molecule has 7 nitrogen and oxygen atoms in total. The molecule has 0 unspecified atom stereocenters. The van der Waals surface area contributed by atoms with E-state index in [4.69, 9.17) is 9.47 Å². The Bertz CT molecular complexity index is 750. The van der Waals surface area contributed by atoms with E-state index >= 15 is 0 Å². The molecule has 1 saturated heterocycles. The number of carbonyl (C=O) groups excluding carboxylic acids is 1. The van der Waals surface area contributed by atoms with Crippen LogP contribution in [0.15, 0.2) is 30.7 Å². The molecule has 4 rings (SSSR count). The lowest BCUT2D eigenvalue weighted by Gasteiger charge is -2.34. The normalized spacial score (nSPS) is 17.3. The Morgan fingerprint density at radius 3 is 2.71 bits per heavy atom. The molecule has 0 atom stereocenters. The molecule has 0 aliphatic carbocycles. The molecule has 7 heteroatoms. The van der Waals surface area contributed by atoms with Gasteiger partial charge in [-0.3, -0.25) is 9.69 Å². The first kappa shape index (κ1) is 15.0. The van der Waals surface area contributed by atoms with Crippen molar-refractivity contribution in [3.05, 3.63) is 42.0 Å². The Hall–Kier alpha value is -2.54. The van der Waals surface area contributed by atoms with Crippen LogP contribution < -0.4 is 9.47 Å². The quantitative estimate of drug-likeness (QED) is 0.845. The topological polar surface area (TPSA) is 59.8 Å². The van der Waals surface area contributed by atoms with Crippen LogP contribution in [0.3, 0.4) is 0 Å². The summed E-state index contributed by atoms with van der Waals surface area (Å²) in [5, 5.41) is 0. The second kappa shape index (κ2) is 6.16. The molecule has 0 bridgehead atoms. The highest BCUT2D eigenvalue weighted by Gasteiger charge is 2.24. The van der Waals surface area contributed by atoms with Gasteiger partial charge in [-0.2, -0.15) is 0 Å². The van der Waals surface area contributed by atoms with Crippen LogP contribution in [0.5, 0.6) is 11.5 Å². The van der Waals surface area contributed by atoms with Gasteiger partial charge in [-0.05, 0) is 17.7 Å². The second-order valence-electron chi connectivity index (χ2n) is 6.15. The van der Waals surface area contributed by atoms with Gasteiger partial charge in [0.15, 0.2) is 11.5 Å². The number of benzene rings is 1. The number of rotatable bonds is 3. The third kappa shape index (κ3) is 2.82. The van der Waals surface area contributed by atoms with E-state index in [1.54, 1.807) is 17.1 Å². The summed E-state index contributed by atoms with van der Waals surface area (Å²) in [6.45, 7) is 4.33. The molecular weight excluding hydrogens is 308 g/mol. The summed E-state index contributed by atoms with van der Waals surface area (Å²) in [5.74, 6) is 1.68. The molecule has 0 radical (unpaired) electrons. The average Bonchev–Trinajstić information content (AvgIpc) is 3.23. The first-order valence-electron chi connectivity index (χ1n) is 8.07. The number of amides is 1. The maximum Gasteiger partial charge on any atom is 0.272 e. The van der Waals surface area contributed by atoms with E-state index in [9.17, 15) is 4.79 Å². The van der Waals surface area contributed by atoms with Crippen LogP contribution >= 0.6 is 0 Å². The van der Waals surface area contributed by atoms with Crippen molar-refractivity contribution in [2.45, 2.75) is 6.54 Å². The zero-order chi connectivity index (χ0) is 16.5. The zero-order valence-corrected chi connectivity index (χ0v) is 13.6. The van der Waals surface area contributed by atoms with Gasteiger partial charge in [-0.1, -0.05) is 6.07 Å². The van der Waals surface area contributed by atoms with Gasteiger partial charge < -0.3 is 18.9 Å². The standard InChI is InChI=1S/C17H20N4O3/c1-19-11-18-9-14(19)17(22)21-6-4-20(5-7-21)10-13-2-3-15-16(8-13)24-12-23-15/h2-3,8-9,11H,4-7,10,12H2,1H3. The molecule has 0 N–H and O–H groups in total. The summed E-state index contributed by atoms with van der Waals surface area (Å²) in [4.78, 5) is 20.8. The number of hydrogen-bond donors (Lipinski definition) is 0. The largest absolute Gasteiger partial charge is 0.454 e. The Morgan fingerprint density at radius 1 is 1.17 bits per heavy atom. The second-order valence-corrected chi connectivity index (χ2v) is 6.15. The Labute approximate surface area is 140 Å². The third-order valence-corrected chi connectivity index (χ3v) is 4.54. The molecule has 2 aliphatic heterocycles. The van der Waals surface area contributed by atoms with Gasteiger partial charge in [0.1, 0.15) is 5.69 Å². The summed E-state index contributed by atoms with van der Waals surface area (Å²) >= 11 is 0. The number of nitrogens with zero attached hydrogens (tertiary/aromatic N) is 4. The summed E-state index contributed by atoms with van der Waals surface area (Å²) in [5.41, 5.74) is 1.84. The fourth-order valence-electron chi connectivity index (χ4n) is 3.13. The van der Waals surface area contributed by atoms with Crippen molar-refractivity contribution < 1.29 is 14.3 Å². The van der Waals surface area contributed by atoms with Gasteiger partial charge in [-0.25, -0.2) is 4.98 Å². The highest BCUT2D eigenvalue weighted by atomic mass is 16.7. The molecule has 2 aliphatic rings. The van der Waals surface area contributed by atoms with Crippen LogP contribution in [0.25, 0.3) is 0 Å². The van der Waals surface area contributed by atoms with Crippen molar-refractivity contribution in [1.29, 1.82) is 0 Å². The molecule has 1 fully saturated rings. The van der Waals surface area contributed by atoms with Gasteiger partial charge >= 0.3 is 0 Å². The van der Waals surface area contributed by atoms with E-state index in [1.807, 2.05) is 24.1 Å². The molecular formula is C17H20N4O3. The number of hydrogen-bond acceptors (Lipinski definition) is 5. The highest BCUT2D eigenvalue weighted by Crippen LogP contribution is 2.32. The third-order valence-electron chi connectivity index (χ3n) is 4.54. The van der Waals surface area contributed by atoms with Crippen LogP contribution in [0.2, 0.25) is 0 Å². The lowest BCUT2D eigenvalue weighted by atomic mass is 10.1. The van der Waals surface area contributed by atoms with Crippen molar-refractivity contribution in [3.8, 4) is 11.5 Å². The van der Waals surface area contributed by atoms with Gasteiger partial charge in [0.05, 0.1) is 12.5 Å². The number of ether oxygens (including phenoxy) is 2. The van der Waals surface area contributed by atoms with E-state index in [-0.39, 0.29) is 5.91 Å². The van der Waals surface area contributed by atoms with Crippen LogP contribution in [-0.4, -0.2) is 58.2 Å². The van der Waals surface area contributed by atoms with Crippen molar-refractivity contribution in [1.82, 2.24) is 19.4 Å². The maximum atomic E-state index is 12.5. The maximum absolute atomic E-state index is 12.5. The van der Waals surface area contributed by atoms with Crippen molar-refractivity contribution in [2.75, 3.05) is 33.0 Å². The van der Waals surface area contributed by atoms with Crippen LogP contribution in [0.4, 0.5) is 0 Å². The summed E-state index contributed by atoms with van der Waals surface area (Å²) < 4.78 is 12.5. The van der Waals surface area contributed by atoms with Crippen molar-refractivity contribution in [3.63, 3.8) is 0 Å². The monoisotopic (exact) mass is 328 g/mol. The molecule has 0 saturated carbocycles. The van der Waals surface area contributed by atoms with Crippen molar-refractivity contribution >= 4 is 5.91 Å². The van der Waals surface area contributed by atoms with Crippen LogP contribution in [0, 0.1) is 0 Å². The molecule has 3 heterocycles. The van der Waals surface area contributed by atoms with Crippen LogP contribution in [-0.2, 0) is 13.6 Å². The average molecular weight is 328 g/mol. The number of aryl methyl sites for hydroxylation is 1. The minimum atomic E-state index is 0.0535. The molecule has 126 valence electrons. The van der Waals surface area contributed by atoms with Gasteiger partial charge in [-0.15, -0.1) is 0 Å². The molecule has 1 amide bonds. The van der Waals surface area contributed by atoms with E-state index in [0.29, 0.717) is 12.5 Å². The van der Waals surface area contributed by atoms with Gasteiger partial charge in [0.25, 0.3) is 5.91 Å². The fourth-order valence-corrected chi connectivity index (χ4v) is 3.13. The van der Waals surface area contributed by atoms with E-state index in [1.165, 1.54) is 5.56 Å². The number of aromatic nitrogens is 2. The smallest absolute Gasteiger partial charge is 0.272 e. The zero-order valence-electron chi connectivity index (χ0n) is 13.6. The van der Waals surface area contributed by atoms with E-state index in [0.717, 1.165) is 44.2 Å².